The molecule has 1 fully saturated rings. The summed E-state index contributed by atoms with van der Waals surface area (Å²) in [4.78, 5) is 14.2. The Hall–Kier alpha value is -1.76. The maximum Gasteiger partial charge on any atom is 0.315 e. The smallest absolute Gasteiger partial charge is 0.315 e. The van der Waals surface area contributed by atoms with Gasteiger partial charge in [-0.1, -0.05) is 0 Å². The number of aliphatic hydroxyl groups is 1. The summed E-state index contributed by atoms with van der Waals surface area (Å²) in [6.45, 7) is 3.76. The van der Waals surface area contributed by atoms with Crippen molar-refractivity contribution >= 4 is 11.7 Å². The lowest BCUT2D eigenvalue weighted by Crippen LogP contribution is -2.52. The zero-order valence-corrected chi connectivity index (χ0v) is 12.7. The first-order valence-electron chi connectivity index (χ1n) is 7.50. The maximum atomic E-state index is 11.9. The van der Waals surface area contributed by atoms with Gasteiger partial charge >= 0.3 is 6.03 Å². The summed E-state index contributed by atoms with van der Waals surface area (Å²) in [5, 5.41) is 18.9. The lowest BCUT2D eigenvalue weighted by atomic mass is 10.1. The molecule has 1 aliphatic rings. The Morgan fingerprint density at radius 2 is 2.43 bits per heavy atom. The van der Waals surface area contributed by atoms with Gasteiger partial charge in [0.2, 0.25) is 0 Å². The summed E-state index contributed by atoms with van der Waals surface area (Å²) < 4.78 is 1.79. The van der Waals surface area contributed by atoms with Gasteiger partial charge < -0.3 is 20.6 Å². The maximum absolute atomic E-state index is 11.9. The van der Waals surface area contributed by atoms with Crippen LogP contribution in [0.3, 0.4) is 0 Å². The number of nitrogens with zero attached hydrogens (tertiary/aromatic N) is 3. The van der Waals surface area contributed by atoms with Crippen molar-refractivity contribution in [2.75, 3.05) is 24.6 Å². The molecule has 2 rings (SSSR count). The second-order valence-electron chi connectivity index (χ2n) is 5.69. The van der Waals surface area contributed by atoms with E-state index in [-0.39, 0.29) is 24.7 Å². The van der Waals surface area contributed by atoms with Gasteiger partial charge in [0, 0.05) is 45.0 Å². The fraction of sp³-hybridized carbons (Fsp3) is 0.714. The van der Waals surface area contributed by atoms with E-state index in [2.05, 4.69) is 20.6 Å². The van der Waals surface area contributed by atoms with Crippen molar-refractivity contribution in [2.24, 2.45) is 7.05 Å². The summed E-state index contributed by atoms with van der Waals surface area (Å²) in [5.41, 5.74) is 1.10. The molecule has 0 saturated carbocycles. The van der Waals surface area contributed by atoms with Gasteiger partial charge in [0.15, 0.2) is 0 Å². The monoisotopic (exact) mass is 295 g/mol. The summed E-state index contributed by atoms with van der Waals surface area (Å²) in [7, 11) is 1.90. The highest BCUT2D eigenvalue weighted by Gasteiger charge is 2.22. The molecule has 1 aromatic heterocycles. The third-order valence-corrected chi connectivity index (χ3v) is 3.75. The van der Waals surface area contributed by atoms with E-state index in [9.17, 15) is 4.79 Å². The molecule has 1 aromatic rings. The lowest BCUT2D eigenvalue weighted by Gasteiger charge is -2.34. The quantitative estimate of drug-likeness (QED) is 0.737. The molecule has 1 aliphatic heterocycles. The molecule has 0 spiro atoms. The largest absolute Gasteiger partial charge is 0.396 e. The van der Waals surface area contributed by atoms with Crippen molar-refractivity contribution in [1.82, 2.24) is 20.4 Å². The molecule has 118 valence electrons. The Morgan fingerprint density at radius 3 is 3.10 bits per heavy atom. The number of aliphatic hydroxyl groups excluding tert-OH is 1. The summed E-state index contributed by atoms with van der Waals surface area (Å²) in [6, 6.07) is -0.0395. The Balaban J connectivity index is 1.82. The standard InChI is InChI=1S/C14H25N5O2/c1-11(5-7-20)16-14(21)17-12-4-3-6-19(9-12)13-8-15-18(2)10-13/h8,10-12,20H,3-7,9H2,1-2H3,(H2,16,17,21)/t11-,12?/m1/s1. The second kappa shape index (κ2) is 7.31. The number of hydrogen-bond donors (Lipinski definition) is 3. The molecule has 21 heavy (non-hydrogen) atoms. The van der Waals surface area contributed by atoms with Gasteiger partial charge in [0.25, 0.3) is 0 Å². The average molecular weight is 295 g/mol. The number of aryl methyl sites for hydroxylation is 1. The average Bonchev–Trinajstić information content (AvgIpc) is 2.86. The molecule has 7 nitrogen and oxygen atoms in total. The zero-order chi connectivity index (χ0) is 15.2. The van der Waals surface area contributed by atoms with Crippen molar-refractivity contribution in [3.8, 4) is 0 Å². The van der Waals surface area contributed by atoms with Gasteiger partial charge in [-0.15, -0.1) is 0 Å². The van der Waals surface area contributed by atoms with Gasteiger partial charge in [0.05, 0.1) is 11.9 Å². The zero-order valence-electron chi connectivity index (χ0n) is 12.7. The third kappa shape index (κ3) is 4.63. The number of anilines is 1. The molecule has 1 unspecified atom stereocenters. The second-order valence-corrected chi connectivity index (χ2v) is 5.69. The fourth-order valence-electron chi connectivity index (χ4n) is 2.62. The summed E-state index contributed by atoms with van der Waals surface area (Å²) >= 11 is 0. The highest BCUT2D eigenvalue weighted by Crippen LogP contribution is 2.18. The van der Waals surface area contributed by atoms with Crippen LogP contribution in [0.4, 0.5) is 10.5 Å². The van der Waals surface area contributed by atoms with Crippen molar-refractivity contribution < 1.29 is 9.90 Å². The fourth-order valence-corrected chi connectivity index (χ4v) is 2.62. The topological polar surface area (TPSA) is 82.4 Å². The molecular weight excluding hydrogens is 270 g/mol. The molecule has 0 bridgehead atoms. The van der Waals surface area contributed by atoms with E-state index in [1.165, 1.54) is 0 Å². The van der Waals surface area contributed by atoms with E-state index in [4.69, 9.17) is 5.11 Å². The first-order chi connectivity index (χ1) is 10.1. The first-order valence-corrected chi connectivity index (χ1v) is 7.50. The minimum Gasteiger partial charge on any atom is -0.396 e. The predicted molar refractivity (Wildman–Crippen MR) is 81.3 cm³/mol. The van der Waals surface area contributed by atoms with Crippen molar-refractivity contribution in [3.63, 3.8) is 0 Å². The van der Waals surface area contributed by atoms with E-state index in [0.717, 1.165) is 31.6 Å². The van der Waals surface area contributed by atoms with Crippen molar-refractivity contribution in [2.45, 2.75) is 38.3 Å². The van der Waals surface area contributed by atoms with E-state index in [0.29, 0.717) is 6.42 Å². The van der Waals surface area contributed by atoms with Crippen molar-refractivity contribution in [3.05, 3.63) is 12.4 Å². The van der Waals surface area contributed by atoms with Gasteiger partial charge in [0.1, 0.15) is 0 Å². The van der Waals surface area contributed by atoms with Gasteiger partial charge in [-0.3, -0.25) is 4.68 Å². The first kappa shape index (κ1) is 15.6. The predicted octanol–water partition coefficient (Wildman–Crippen LogP) is 0.459. The Bertz CT molecular complexity index is 462. The van der Waals surface area contributed by atoms with Crippen LogP contribution < -0.4 is 15.5 Å². The molecule has 0 aliphatic carbocycles. The van der Waals surface area contributed by atoms with Gasteiger partial charge in [-0.25, -0.2) is 4.79 Å². The molecule has 2 amide bonds. The number of carbonyl (C=O) groups excluding carboxylic acids is 1. The number of piperidine rings is 1. The lowest BCUT2D eigenvalue weighted by molar-refractivity contribution is 0.226. The molecule has 2 heterocycles. The summed E-state index contributed by atoms with van der Waals surface area (Å²) in [5.74, 6) is 0. The van der Waals surface area contributed by atoms with E-state index in [1.807, 2.05) is 26.4 Å². The SMILES string of the molecule is C[C@H](CCO)NC(=O)NC1CCCN(c2cnn(C)c2)C1. The Labute approximate surface area is 125 Å². The van der Waals surface area contributed by atoms with E-state index < -0.39 is 0 Å². The number of urea groups is 1. The van der Waals surface area contributed by atoms with Crippen LogP contribution in [0.5, 0.6) is 0 Å². The van der Waals surface area contributed by atoms with Crippen LogP contribution in [0.15, 0.2) is 12.4 Å². The third-order valence-electron chi connectivity index (χ3n) is 3.75. The van der Waals surface area contributed by atoms with Crippen LogP contribution in [-0.2, 0) is 7.05 Å². The highest BCUT2D eigenvalue weighted by atomic mass is 16.3. The number of hydrogen-bond acceptors (Lipinski definition) is 4. The Morgan fingerprint density at radius 1 is 1.62 bits per heavy atom. The minimum atomic E-state index is -0.158. The highest BCUT2D eigenvalue weighted by molar-refractivity contribution is 5.74. The van der Waals surface area contributed by atoms with Crippen LogP contribution in [0.2, 0.25) is 0 Å². The molecule has 3 N–H and O–H groups in total. The minimum absolute atomic E-state index is 0.0204. The van der Waals surface area contributed by atoms with Gasteiger partial charge in [-0.2, -0.15) is 5.10 Å². The van der Waals surface area contributed by atoms with E-state index >= 15 is 0 Å². The molecular formula is C14H25N5O2. The van der Waals surface area contributed by atoms with Crippen LogP contribution in [-0.4, -0.2) is 52.7 Å². The number of amides is 2. The van der Waals surface area contributed by atoms with Gasteiger partial charge in [-0.05, 0) is 26.2 Å². The number of nitrogens with one attached hydrogen (secondary N) is 2. The molecule has 1 saturated heterocycles. The number of carbonyl (C=O) groups is 1. The Kier molecular flexibility index (Phi) is 5.44. The molecule has 2 atom stereocenters. The van der Waals surface area contributed by atoms with Crippen LogP contribution >= 0.6 is 0 Å². The normalized spacial score (nSPS) is 20.1. The van der Waals surface area contributed by atoms with Crippen LogP contribution in [0.25, 0.3) is 0 Å². The number of rotatable bonds is 5. The van der Waals surface area contributed by atoms with E-state index in [1.54, 1.807) is 4.68 Å². The molecule has 7 heteroatoms. The summed E-state index contributed by atoms with van der Waals surface area (Å²) in [6.07, 6.45) is 6.45. The van der Waals surface area contributed by atoms with Crippen LogP contribution in [0, 0.1) is 0 Å². The molecule has 0 aromatic carbocycles. The van der Waals surface area contributed by atoms with Crippen molar-refractivity contribution in [1.29, 1.82) is 0 Å². The number of aromatic nitrogens is 2. The van der Waals surface area contributed by atoms with Crippen LogP contribution in [0.1, 0.15) is 26.2 Å². The molecule has 0 radical (unpaired) electrons.